The Hall–Kier alpha value is -4.44. The summed E-state index contributed by atoms with van der Waals surface area (Å²) in [4.78, 5) is 17.3. The quantitative estimate of drug-likeness (QED) is 0.319. The maximum Gasteiger partial charge on any atom is 0.248 e. The van der Waals surface area contributed by atoms with E-state index in [1.807, 2.05) is 78.3 Å². The van der Waals surface area contributed by atoms with Crippen LogP contribution in [0, 0.1) is 6.92 Å². The number of carbonyl (C=O) groups excluding carboxylic acids is 1. The van der Waals surface area contributed by atoms with Gasteiger partial charge < -0.3 is 9.72 Å². The van der Waals surface area contributed by atoms with Gasteiger partial charge in [0.05, 0.1) is 11.4 Å². The molecule has 0 fully saturated rings. The van der Waals surface area contributed by atoms with Crippen LogP contribution in [-0.2, 0) is 4.79 Å². The Morgan fingerprint density at radius 3 is 2.27 bits per heavy atom. The van der Waals surface area contributed by atoms with Crippen molar-refractivity contribution < 1.29 is 4.79 Å². The second-order valence-electron chi connectivity index (χ2n) is 7.96. The summed E-state index contributed by atoms with van der Waals surface area (Å²) in [5.41, 5.74) is 7.77. The van der Waals surface area contributed by atoms with Crippen LogP contribution in [0.15, 0.2) is 109 Å². The summed E-state index contributed by atoms with van der Waals surface area (Å²) in [6.07, 6.45) is 7.26. The number of nitrogens with zero attached hydrogens (tertiary/aromatic N) is 2. The zero-order chi connectivity index (χ0) is 22.6. The summed E-state index contributed by atoms with van der Waals surface area (Å²) in [5.74, 6) is -0.194. The minimum Gasteiger partial charge on any atom is -0.319 e. The second-order valence-corrected chi connectivity index (χ2v) is 7.96. The van der Waals surface area contributed by atoms with Gasteiger partial charge in [-0.25, -0.2) is 4.98 Å². The van der Waals surface area contributed by atoms with Crippen molar-refractivity contribution >= 4 is 23.3 Å². The van der Waals surface area contributed by atoms with Crippen molar-refractivity contribution in [3.63, 3.8) is 0 Å². The number of hydrogen-bond donors (Lipinski definition) is 1. The summed E-state index contributed by atoms with van der Waals surface area (Å²) >= 11 is 0. The molecule has 0 aliphatic rings. The van der Waals surface area contributed by atoms with E-state index in [0.29, 0.717) is 11.3 Å². The molecule has 0 aliphatic carbocycles. The van der Waals surface area contributed by atoms with Crippen LogP contribution in [0.4, 0.5) is 5.69 Å². The number of anilines is 1. The zero-order valence-corrected chi connectivity index (χ0v) is 18.3. The topological polar surface area (TPSA) is 46.4 Å². The van der Waals surface area contributed by atoms with Crippen LogP contribution in [0.3, 0.4) is 0 Å². The van der Waals surface area contributed by atoms with Crippen LogP contribution in [0.2, 0.25) is 0 Å². The van der Waals surface area contributed by atoms with E-state index in [2.05, 4.69) is 41.7 Å². The van der Waals surface area contributed by atoms with Gasteiger partial charge in [-0.05, 0) is 41.8 Å². The van der Waals surface area contributed by atoms with E-state index in [1.165, 1.54) is 11.1 Å². The van der Waals surface area contributed by atoms with Crippen molar-refractivity contribution in [3.8, 4) is 22.4 Å². The van der Waals surface area contributed by atoms with Gasteiger partial charge in [-0.2, -0.15) is 0 Å². The lowest BCUT2D eigenvalue weighted by molar-refractivity contribution is -0.111. The lowest BCUT2D eigenvalue weighted by atomic mass is 10.0. The molecule has 1 N–H and O–H groups in total. The van der Waals surface area contributed by atoms with Crippen LogP contribution >= 0.6 is 0 Å². The summed E-state index contributed by atoms with van der Waals surface area (Å²) < 4.78 is 1.93. The standard InChI is InChI=1S/C29H23N3O/c1-21-9-11-22(12-10-21)13-18-28(33)30-26-8-5-19-32-20-27(31-29(26)32)25-16-14-24(15-17-25)23-6-3-2-4-7-23/h2-20H,1H3,(H,30,33)/b18-13+. The molecule has 5 rings (SSSR count). The molecule has 0 aliphatic heterocycles. The van der Waals surface area contributed by atoms with Crippen LogP contribution in [-0.4, -0.2) is 15.3 Å². The van der Waals surface area contributed by atoms with Crippen LogP contribution in [0.5, 0.6) is 0 Å². The lowest BCUT2D eigenvalue weighted by Gasteiger charge is -2.04. The zero-order valence-electron chi connectivity index (χ0n) is 18.3. The van der Waals surface area contributed by atoms with Gasteiger partial charge in [0.1, 0.15) is 0 Å². The average molecular weight is 430 g/mol. The van der Waals surface area contributed by atoms with Crippen LogP contribution < -0.4 is 5.32 Å². The monoisotopic (exact) mass is 429 g/mol. The molecule has 2 aromatic heterocycles. The van der Waals surface area contributed by atoms with Crippen molar-refractivity contribution in [1.82, 2.24) is 9.38 Å². The Balaban J connectivity index is 1.37. The van der Waals surface area contributed by atoms with E-state index in [4.69, 9.17) is 4.98 Å². The van der Waals surface area contributed by atoms with E-state index in [9.17, 15) is 4.79 Å². The molecule has 4 nitrogen and oxygen atoms in total. The lowest BCUT2D eigenvalue weighted by Crippen LogP contribution is -2.08. The molecule has 0 radical (unpaired) electrons. The van der Waals surface area contributed by atoms with Gasteiger partial charge in [0, 0.05) is 24.0 Å². The molecule has 0 unspecified atom stereocenters. The van der Waals surface area contributed by atoms with Crippen molar-refractivity contribution in [3.05, 3.63) is 121 Å². The Morgan fingerprint density at radius 1 is 0.818 bits per heavy atom. The van der Waals surface area contributed by atoms with Crippen molar-refractivity contribution in [2.75, 3.05) is 5.32 Å². The molecule has 0 atom stereocenters. The molecule has 5 aromatic rings. The first kappa shape index (κ1) is 20.5. The number of amides is 1. The number of fused-ring (bicyclic) bond motifs is 1. The smallest absolute Gasteiger partial charge is 0.248 e. The number of pyridine rings is 1. The Morgan fingerprint density at radius 2 is 1.52 bits per heavy atom. The van der Waals surface area contributed by atoms with Gasteiger partial charge in [-0.15, -0.1) is 0 Å². The SMILES string of the molecule is Cc1ccc(/C=C/C(=O)Nc2cccn3cc(-c4ccc(-c5ccccc5)cc4)nc23)cc1. The van der Waals surface area contributed by atoms with E-state index >= 15 is 0 Å². The third-order valence-corrected chi connectivity index (χ3v) is 5.53. The molecule has 0 saturated carbocycles. The Bertz CT molecular complexity index is 1430. The first-order chi connectivity index (χ1) is 16.2. The molecule has 0 bridgehead atoms. The highest BCUT2D eigenvalue weighted by atomic mass is 16.1. The van der Waals surface area contributed by atoms with Crippen molar-refractivity contribution in [2.24, 2.45) is 0 Å². The minimum atomic E-state index is -0.194. The van der Waals surface area contributed by atoms with Crippen molar-refractivity contribution in [2.45, 2.75) is 6.92 Å². The summed E-state index contributed by atoms with van der Waals surface area (Å²) in [6.45, 7) is 2.04. The maximum absolute atomic E-state index is 12.5. The number of rotatable bonds is 5. The Labute approximate surface area is 192 Å². The highest BCUT2D eigenvalue weighted by Crippen LogP contribution is 2.26. The molecule has 4 heteroatoms. The summed E-state index contributed by atoms with van der Waals surface area (Å²) in [5, 5.41) is 2.95. The number of nitrogens with one attached hydrogen (secondary N) is 1. The largest absolute Gasteiger partial charge is 0.319 e. The van der Waals surface area contributed by atoms with Gasteiger partial charge in [0.25, 0.3) is 0 Å². The molecule has 2 heterocycles. The van der Waals surface area contributed by atoms with Crippen molar-refractivity contribution in [1.29, 1.82) is 0 Å². The first-order valence-corrected chi connectivity index (χ1v) is 10.8. The number of benzene rings is 3. The molecule has 1 amide bonds. The van der Waals surface area contributed by atoms with Gasteiger partial charge in [0.2, 0.25) is 5.91 Å². The van der Waals surface area contributed by atoms with Gasteiger partial charge in [0.15, 0.2) is 5.65 Å². The number of aryl methyl sites for hydroxylation is 1. The first-order valence-electron chi connectivity index (χ1n) is 10.8. The predicted molar refractivity (Wildman–Crippen MR) is 135 cm³/mol. The molecule has 33 heavy (non-hydrogen) atoms. The molecule has 0 spiro atoms. The molecule has 160 valence electrons. The highest BCUT2D eigenvalue weighted by Gasteiger charge is 2.10. The van der Waals surface area contributed by atoms with E-state index in [1.54, 1.807) is 12.2 Å². The van der Waals surface area contributed by atoms with Gasteiger partial charge >= 0.3 is 0 Å². The van der Waals surface area contributed by atoms with Gasteiger partial charge in [-0.1, -0.05) is 84.4 Å². The fourth-order valence-corrected chi connectivity index (χ4v) is 3.74. The summed E-state index contributed by atoms with van der Waals surface area (Å²) in [7, 11) is 0. The second kappa shape index (κ2) is 8.97. The minimum absolute atomic E-state index is 0.194. The number of aromatic nitrogens is 2. The van der Waals surface area contributed by atoms with Crippen LogP contribution in [0.25, 0.3) is 34.1 Å². The van der Waals surface area contributed by atoms with E-state index in [0.717, 1.165) is 22.4 Å². The fraction of sp³-hybridized carbons (Fsp3) is 0.0345. The molecule has 3 aromatic carbocycles. The third-order valence-electron chi connectivity index (χ3n) is 5.53. The molecule has 0 saturated heterocycles. The average Bonchev–Trinajstić information content (AvgIpc) is 3.30. The van der Waals surface area contributed by atoms with E-state index < -0.39 is 0 Å². The van der Waals surface area contributed by atoms with Crippen LogP contribution in [0.1, 0.15) is 11.1 Å². The number of carbonyl (C=O) groups is 1. The Kier molecular flexibility index (Phi) is 5.56. The number of hydrogen-bond acceptors (Lipinski definition) is 2. The highest BCUT2D eigenvalue weighted by molar-refractivity contribution is 6.04. The molecular formula is C29H23N3O. The van der Waals surface area contributed by atoms with E-state index in [-0.39, 0.29) is 5.91 Å². The number of imidazole rings is 1. The predicted octanol–water partition coefficient (Wildman–Crippen LogP) is 6.63. The summed E-state index contributed by atoms with van der Waals surface area (Å²) in [6, 6.07) is 30.4. The maximum atomic E-state index is 12.5. The normalized spacial score (nSPS) is 11.2. The molecular weight excluding hydrogens is 406 g/mol. The third kappa shape index (κ3) is 4.60. The fourth-order valence-electron chi connectivity index (χ4n) is 3.74. The van der Waals surface area contributed by atoms with Gasteiger partial charge in [-0.3, -0.25) is 4.79 Å².